The predicted octanol–water partition coefficient (Wildman–Crippen LogP) is 3.69. The van der Waals surface area contributed by atoms with E-state index in [1.807, 2.05) is 30.3 Å². The van der Waals surface area contributed by atoms with Crippen LogP contribution in [0.2, 0.25) is 0 Å². The largest absolute Gasteiger partial charge is 0.461 e. The Labute approximate surface area is 135 Å². The van der Waals surface area contributed by atoms with Gasteiger partial charge in [0.25, 0.3) is 0 Å². The van der Waals surface area contributed by atoms with Gasteiger partial charge in [-0.25, -0.2) is 0 Å². The van der Waals surface area contributed by atoms with Crippen molar-refractivity contribution < 1.29 is 9.53 Å². The maximum Gasteiger partial charge on any atom is 0.306 e. The number of benzene rings is 1. The maximum absolute atomic E-state index is 11.8. The summed E-state index contributed by atoms with van der Waals surface area (Å²) in [6, 6.07) is 9.75. The molecule has 0 aliphatic rings. The number of halogens is 1. The Morgan fingerprint density at radius 1 is 1.30 bits per heavy atom. The zero-order valence-electron chi connectivity index (χ0n) is 12.1. The number of ether oxygens (including phenoxy) is 1. The number of hydrogen-bond donors (Lipinski definition) is 1. The number of rotatable bonds is 9. The molecule has 1 unspecified atom stereocenters. The van der Waals surface area contributed by atoms with Crippen molar-refractivity contribution in [3.63, 3.8) is 0 Å². The van der Waals surface area contributed by atoms with E-state index in [1.54, 1.807) is 0 Å². The molecule has 0 fully saturated rings. The second-order valence-corrected chi connectivity index (χ2v) is 6.59. The highest BCUT2D eigenvalue weighted by Crippen LogP contribution is 2.22. The van der Waals surface area contributed by atoms with E-state index in [-0.39, 0.29) is 5.97 Å². The Hall–Kier alpha value is -0.620. The van der Waals surface area contributed by atoms with Crippen LogP contribution in [0, 0.1) is 5.92 Å². The van der Waals surface area contributed by atoms with Crippen LogP contribution in [0.5, 0.6) is 0 Å². The number of nitrogens with two attached hydrogens (primary N) is 1. The number of esters is 1. The number of alkyl halides is 1. The van der Waals surface area contributed by atoms with Gasteiger partial charge in [0, 0.05) is 10.3 Å². The first-order valence-electron chi connectivity index (χ1n) is 7.21. The third-order valence-electron chi connectivity index (χ3n) is 3.34. The molecule has 0 bridgehead atoms. The molecule has 0 amide bonds. The average molecular weight is 389 g/mol. The fourth-order valence-corrected chi connectivity index (χ4v) is 3.35. The van der Waals surface area contributed by atoms with Crippen LogP contribution in [0.3, 0.4) is 0 Å². The van der Waals surface area contributed by atoms with Crippen LogP contribution in [0.25, 0.3) is 0 Å². The number of carbonyl (C=O) groups is 1. The standard InChI is InChI=1S/C16H24INO2/c1-2-6-15(17)14(11-18)9-10-16(19)20-12-13-7-4-3-5-8-13/h3-5,7-8,14-15H,2,6,9-12,18H2,1H3/t14?,15-/m1/s1. The topological polar surface area (TPSA) is 52.3 Å². The molecule has 3 nitrogen and oxygen atoms in total. The molecule has 0 radical (unpaired) electrons. The number of hydrogen-bond acceptors (Lipinski definition) is 3. The van der Waals surface area contributed by atoms with Gasteiger partial charge in [0.15, 0.2) is 0 Å². The van der Waals surface area contributed by atoms with Gasteiger partial charge >= 0.3 is 5.97 Å². The summed E-state index contributed by atoms with van der Waals surface area (Å²) in [5.74, 6) is 0.271. The summed E-state index contributed by atoms with van der Waals surface area (Å²) in [5.41, 5.74) is 6.82. The van der Waals surface area contributed by atoms with Crippen LogP contribution in [0.15, 0.2) is 30.3 Å². The molecule has 1 aromatic rings. The quantitative estimate of drug-likeness (QED) is 0.398. The summed E-state index contributed by atoms with van der Waals surface area (Å²) in [7, 11) is 0. The molecular formula is C16H24INO2. The Balaban J connectivity index is 2.28. The van der Waals surface area contributed by atoms with Gasteiger partial charge in [0.05, 0.1) is 0 Å². The Kier molecular flexibility index (Phi) is 8.85. The molecule has 2 N–H and O–H groups in total. The van der Waals surface area contributed by atoms with Crippen molar-refractivity contribution in [3.8, 4) is 0 Å². The molecule has 0 aliphatic heterocycles. The summed E-state index contributed by atoms with van der Waals surface area (Å²) in [6.45, 7) is 3.17. The van der Waals surface area contributed by atoms with Crippen LogP contribution in [0.4, 0.5) is 0 Å². The van der Waals surface area contributed by atoms with E-state index in [0.29, 0.717) is 29.4 Å². The smallest absolute Gasteiger partial charge is 0.306 e. The fraction of sp³-hybridized carbons (Fsp3) is 0.562. The summed E-state index contributed by atoms with van der Waals surface area (Å²) in [6.07, 6.45) is 3.58. The first kappa shape index (κ1) is 17.4. The fourth-order valence-electron chi connectivity index (χ4n) is 2.07. The van der Waals surface area contributed by atoms with E-state index in [1.165, 1.54) is 0 Å². The average Bonchev–Trinajstić information content (AvgIpc) is 2.47. The normalized spacial score (nSPS) is 13.8. The minimum absolute atomic E-state index is 0.132. The summed E-state index contributed by atoms with van der Waals surface area (Å²) < 4.78 is 5.83. The minimum Gasteiger partial charge on any atom is -0.461 e. The van der Waals surface area contributed by atoms with E-state index in [0.717, 1.165) is 24.8 Å². The van der Waals surface area contributed by atoms with Crippen molar-refractivity contribution in [2.75, 3.05) is 6.54 Å². The summed E-state index contributed by atoms with van der Waals surface area (Å²) in [4.78, 5) is 11.8. The molecule has 0 aromatic heterocycles. The molecule has 0 saturated heterocycles. The van der Waals surface area contributed by atoms with Gasteiger partial charge in [-0.15, -0.1) is 0 Å². The first-order chi connectivity index (χ1) is 9.67. The second kappa shape index (κ2) is 10.2. The lowest BCUT2D eigenvalue weighted by Crippen LogP contribution is -2.24. The van der Waals surface area contributed by atoms with E-state index in [9.17, 15) is 4.79 Å². The Morgan fingerprint density at radius 2 is 2.00 bits per heavy atom. The van der Waals surface area contributed by atoms with Crippen molar-refractivity contribution in [2.24, 2.45) is 11.7 Å². The summed E-state index contributed by atoms with van der Waals surface area (Å²) >= 11 is 2.45. The maximum atomic E-state index is 11.8. The zero-order chi connectivity index (χ0) is 14.8. The van der Waals surface area contributed by atoms with E-state index < -0.39 is 0 Å². The number of carbonyl (C=O) groups excluding carboxylic acids is 1. The van der Waals surface area contributed by atoms with Gasteiger partial charge in [-0.2, -0.15) is 0 Å². The predicted molar refractivity (Wildman–Crippen MR) is 90.7 cm³/mol. The van der Waals surface area contributed by atoms with Crippen molar-refractivity contribution in [3.05, 3.63) is 35.9 Å². The molecular weight excluding hydrogens is 365 g/mol. The SMILES string of the molecule is CCC[C@@H](I)C(CN)CCC(=O)OCc1ccccc1. The third-order valence-corrected chi connectivity index (χ3v) is 4.98. The van der Waals surface area contributed by atoms with Crippen molar-refractivity contribution in [1.82, 2.24) is 0 Å². The lowest BCUT2D eigenvalue weighted by molar-refractivity contribution is -0.145. The molecule has 0 heterocycles. The highest BCUT2D eigenvalue weighted by molar-refractivity contribution is 14.1. The van der Waals surface area contributed by atoms with E-state index in [4.69, 9.17) is 10.5 Å². The Morgan fingerprint density at radius 3 is 2.60 bits per heavy atom. The van der Waals surface area contributed by atoms with Crippen molar-refractivity contribution in [2.45, 2.75) is 43.1 Å². The lowest BCUT2D eigenvalue weighted by Gasteiger charge is -2.20. The molecule has 1 rings (SSSR count). The van der Waals surface area contributed by atoms with Gasteiger partial charge in [-0.05, 0) is 30.9 Å². The highest BCUT2D eigenvalue weighted by Gasteiger charge is 2.18. The monoisotopic (exact) mass is 389 g/mol. The highest BCUT2D eigenvalue weighted by atomic mass is 127. The molecule has 20 heavy (non-hydrogen) atoms. The van der Waals surface area contributed by atoms with Gasteiger partial charge < -0.3 is 10.5 Å². The van der Waals surface area contributed by atoms with Gasteiger partial charge in [-0.3, -0.25) is 4.79 Å². The van der Waals surface area contributed by atoms with Crippen LogP contribution in [-0.2, 0) is 16.1 Å². The van der Waals surface area contributed by atoms with Gasteiger partial charge in [0.1, 0.15) is 6.61 Å². The van der Waals surface area contributed by atoms with Gasteiger partial charge in [-0.1, -0.05) is 66.3 Å². The molecule has 112 valence electrons. The van der Waals surface area contributed by atoms with Crippen molar-refractivity contribution >= 4 is 28.6 Å². The molecule has 0 aliphatic carbocycles. The minimum atomic E-state index is -0.132. The molecule has 2 atom stereocenters. The van der Waals surface area contributed by atoms with Crippen molar-refractivity contribution in [1.29, 1.82) is 0 Å². The van der Waals surface area contributed by atoms with Crippen LogP contribution in [-0.4, -0.2) is 16.4 Å². The Bertz CT molecular complexity index is 383. The van der Waals surface area contributed by atoms with Crippen LogP contribution in [0.1, 0.15) is 38.2 Å². The van der Waals surface area contributed by atoms with E-state index in [2.05, 4.69) is 29.5 Å². The van der Waals surface area contributed by atoms with E-state index >= 15 is 0 Å². The molecule has 0 saturated carbocycles. The lowest BCUT2D eigenvalue weighted by atomic mass is 9.97. The summed E-state index contributed by atoms with van der Waals surface area (Å²) in [5, 5.41) is 0. The third kappa shape index (κ3) is 6.70. The molecule has 1 aromatic carbocycles. The second-order valence-electron chi connectivity index (χ2n) is 4.99. The first-order valence-corrected chi connectivity index (χ1v) is 8.45. The van der Waals surface area contributed by atoms with Crippen LogP contribution >= 0.6 is 22.6 Å². The molecule has 0 spiro atoms. The van der Waals surface area contributed by atoms with Gasteiger partial charge in [0.2, 0.25) is 0 Å². The molecule has 4 heteroatoms. The zero-order valence-corrected chi connectivity index (χ0v) is 14.2. The van der Waals surface area contributed by atoms with Crippen LogP contribution < -0.4 is 5.73 Å².